The van der Waals surface area contributed by atoms with Crippen LogP contribution >= 0.6 is 0 Å². The summed E-state index contributed by atoms with van der Waals surface area (Å²) in [6, 6.07) is 16.0. The number of pyridine rings is 1. The number of benzene rings is 2. The lowest BCUT2D eigenvalue weighted by atomic mass is 9.75. The summed E-state index contributed by atoms with van der Waals surface area (Å²) in [6.07, 6.45) is 1.79. The normalized spacial score (nSPS) is 15.2. The van der Waals surface area contributed by atoms with Crippen molar-refractivity contribution in [3.8, 4) is 5.75 Å². The zero-order valence-electron chi connectivity index (χ0n) is 17.7. The summed E-state index contributed by atoms with van der Waals surface area (Å²) in [5.41, 5.74) is 3.51. The number of carbonyl (C=O) groups excluding carboxylic acids is 1. The Morgan fingerprint density at radius 2 is 1.88 bits per heavy atom. The fraction of sp³-hybridized carbons (Fsp3) is 0.304. The van der Waals surface area contributed by atoms with Crippen molar-refractivity contribution in [2.75, 3.05) is 0 Å². The number of carbonyl (C=O) groups is 1. The molecule has 0 radical (unpaired) electrons. The molecule has 1 aromatic heterocycles. The molecule has 0 aliphatic heterocycles. The van der Waals surface area contributed by atoms with Crippen LogP contribution in [0.25, 0.3) is 10.9 Å². The third-order valence-electron chi connectivity index (χ3n) is 5.74. The van der Waals surface area contributed by atoms with Gasteiger partial charge in [-0.1, -0.05) is 18.2 Å². The molecule has 32 heavy (non-hydrogen) atoms. The van der Waals surface area contributed by atoms with E-state index < -0.39 is 21.5 Å². The maximum atomic E-state index is 12.8. The van der Waals surface area contributed by atoms with Crippen molar-refractivity contribution in [1.82, 2.24) is 15.2 Å². The highest BCUT2D eigenvalue weighted by Gasteiger charge is 2.42. The first-order valence-corrected chi connectivity index (χ1v) is 11.8. The van der Waals surface area contributed by atoms with Crippen LogP contribution in [0.3, 0.4) is 0 Å². The van der Waals surface area contributed by atoms with Gasteiger partial charge in [-0.3, -0.25) is 15.0 Å². The molecule has 1 heterocycles. The summed E-state index contributed by atoms with van der Waals surface area (Å²) in [5, 5.41) is 9.79. The molecule has 0 saturated heterocycles. The largest absolute Gasteiger partial charge is 0.489 e. The second-order valence-electron chi connectivity index (χ2n) is 8.15. The van der Waals surface area contributed by atoms with E-state index in [9.17, 15) is 13.2 Å². The van der Waals surface area contributed by atoms with E-state index in [2.05, 4.69) is 9.71 Å². The number of nitrogens with one attached hydrogen (secondary N) is 2. The number of para-hydroxylation sites is 1. The highest BCUT2D eigenvalue weighted by Crippen LogP contribution is 2.36. The number of aromatic nitrogens is 1. The summed E-state index contributed by atoms with van der Waals surface area (Å²) >= 11 is 0. The van der Waals surface area contributed by atoms with Crippen LogP contribution < -0.4 is 14.9 Å². The predicted octanol–water partition coefficient (Wildman–Crippen LogP) is 3.22. The number of hydroxylamine groups is 1. The summed E-state index contributed by atoms with van der Waals surface area (Å²) in [6.45, 7) is 2.26. The molecule has 8 nitrogen and oxygen atoms in total. The zero-order valence-corrected chi connectivity index (χ0v) is 18.5. The average Bonchev–Trinajstić information content (AvgIpc) is 2.75. The van der Waals surface area contributed by atoms with Gasteiger partial charge in [0.1, 0.15) is 12.4 Å². The molecule has 0 atom stereocenters. The molecular weight excluding hydrogens is 430 g/mol. The summed E-state index contributed by atoms with van der Waals surface area (Å²) < 4.78 is 34.2. The minimum absolute atomic E-state index is 0.0886. The van der Waals surface area contributed by atoms with Gasteiger partial charge in [-0.25, -0.2) is 18.6 Å². The molecule has 1 aliphatic rings. The lowest BCUT2D eigenvalue weighted by Gasteiger charge is -2.41. The first-order valence-electron chi connectivity index (χ1n) is 10.4. The molecule has 4 rings (SSSR count). The Morgan fingerprint density at radius 3 is 2.53 bits per heavy atom. The molecule has 9 heteroatoms. The van der Waals surface area contributed by atoms with Gasteiger partial charge in [0.15, 0.2) is 0 Å². The summed E-state index contributed by atoms with van der Waals surface area (Å²) in [4.78, 5) is 16.2. The van der Waals surface area contributed by atoms with Crippen molar-refractivity contribution in [1.29, 1.82) is 0 Å². The van der Waals surface area contributed by atoms with Crippen molar-refractivity contribution in [3.05, 3.63) is 65.9 Å². The quantitative estimate of drug-likeness (QED) is 0.355. The lowest BCUT2D eigenvalue weighted by Crippen LogP contribution is -2.55. The van der Waals surface area contributed by atoms with Crippen molar-refractivity contribution >= 4 is 26.8 Å². The Bertz CT molecular complexity index is 1240. The first kappa shape index (κ1) is 22.2. The second-order valence-corrected chi connectivity index (χ2v) is 9.83. The van der Waals surface area contributed by atoms with E-state index >= 15 is 0 Å². The molecule has 3 N–H and O–H groups in total. The number of aryl methyl sites for hydroxylation is 1. The smallest absolute Gasteiger partial charge is 0.245 e. The molecular formula is C23H25N3O5S. The Balaban J connectivity index is 1.46. The number of fused-ring (bicyclic) bond motifs is 1. The van der Waals surface area contributed by atoms with Gasteiger partial charge in [0.25, 0.3) is 0 Å². The number of hydrogen-bond acceptors (Lipinski definition) is 6. The van der Waals surface area contributed by atoms with Crippen LogP contribution in [-0.4, -0.2) is 30.1 Å². The molecule has 0 unspecified atom stereocenters. The van der Waals surface area contributed by atoms with Gasteiger partial charge in [-0.05, 0) is 62.6 Å². The predicted molar refractivity (Wildman–Crippen MR) is 119 cm³/mol. The second kappa shape index (κ2) is 8.85. The van der Waals surface area contributed by atoms with E-state index in [1.807, 2.05) is 37.3 Å². The molecule has 0 bridgehead atoms. The van der Waals surface area contributed by atoms with Crippen LogP contribution in [-0.2, 0) is 21.4 Å². The third kappa shape index (κ3) is 4.74. The van der Waals surface area contributed by atoms with Crippen LogP contribution in [0.4, 0.5) is 0 Å². The van der Waals surface area contributed by atoms with Gasteiger partial charge in [0.05, 0.1) is 10.4 Å². The van der Waals surface area contributed by atoms with Gasteiger partial charge >= 0.3 is 0 Å². The number of hydrogen-bond donors (Lipinski definition) is 3. The van der Waals surface area contributed by atoms with E-state index in [0.717, 1.165) is 28.6 Å². The minimum atomic E-state index is -3.83. The Morgan fingerprint density at radius 1 is 1.16 bits per heavy atom. The molecule has 1 fully saturated rings. The SMILES string of the molecule is Cc1cc(COc2ccc(S(=O)(=O)NC3(CC(=O)NO)CCC3)cc2)c2ccccc2n1. The van der Waals surface area contributed by atoms with Crippen molar-refractivity contribution in [2.45, 2.75) is 49.6 Å². The fourth-order valence-corrected chi connectivity index (χ4v) is 5.46. The van der Waals surface area contributed by atoms with Crippen LogP contribution in [0.2, 0.25) is 0 Å². The topological polar surface area (TPSA) is 118 Å². The van der Waals surface area contributed by atoms with Crippen molar-refractivity contribution < 1.29 is 23.2 Å². The first-order chi connectivity index (χ1) is 15.3. The number of nitrogens with zero attached hydrogens (tertiary/aromatic N) is 1. The van der Waals surface area contributed by atoms with E-state index in [1.54, 1.807) is 17.6 Å². The van der Waals surface area contributed by atoms with Gasteiger partial charge in [-0.15, -0.1) is 0 Å². The lowest BCUT2D eigenvalue weighted by molar-refractivity contribution is -0.131. The monoisotopic (exact) mass is 455 g/mol. The molecule has 1 amide bonds. The Labute approximate surface area is 186 Å². The minimum Gasteiger partial charge on any atom is -0.489 e. The van der Waals surface area contributed by atoms with E-state index in [-0.39, 0.29) is 11.3 Å². The van der Waals surface area contributed by atoms with Gasteiger partial charge in [-0.2, -0.15) is 0 Å². The molecule has 168 valence electrons. The molecule has 0 spiro atoms. The van der Waals surface area contributed by atoms with E-state index in [0.29, 0.717) is 25.2 Å². The summed E-state index contributed by atoms with van der Waals surface area (Å²) in [5.74, 6) is -0.0736. The molecule has 3 aromatic rings. The van der Waals surface area contributed by atoms with Crippen LogP contribution in [0.5, 0.6) is 5.75 Å². The molecule has 1 aliphatic carbocycles. The Hall–Kier alpha value is -3.01. The van der Waals surface area contributed by atoms with Crippen molar-refractivity contribution in [3.63, 3.8) is 0 Å². The van der Waals surface area contributed by atoms with Gasteiger partial charge in [0, 0.05) is 28.6 Å². The van der Waals surface area contributed by atoms with E-state index in [4.69, 9.17) is 9.94 Å². The van der Waals surface area contributed by atoms with Crippen LogP contribution in [0.15, 0.2) is 59.5 Å². The maximum absolute atomic E-state index is 12.8. The van der Waals surface area contributed by atoms with Gasteiger partial charge in [0.2, 0.25) is 15.9 Å². The fourth-order valence-electron chi connectivity index (χ4n) is 4.00. The highest BCUT2D eigenvalue weighted by atomic mass is 32.2. The Kier molecular flexibility index (Phi) is 6.14. The van der Waals surface area contributed by atoms with Crippen LogP contribution in [0.1, 0.15) is 36.9 Å². The van der Waals surface area contributed by atoms with E-state index in [1.165, 1.54) is 12.1 Å². The standard InChI is InChI=1S/C23H25N3O5S/c1-16-13-17(20-5-2-3-6-21(20)24-16)15-31-18-7-9-19(10-8-18)32(29,30)26-23(11-4-12-23)14-22(27)25-28/h2-3,5-10,13,26,28H,4,11-12,14-15H2,1H3,(H,25,27). The number of amides is 1. The number of rotatable bonds is 8. The number of ether oxygens (including phenoxy) is 1. The van der Waals surface area contributed by atoms with Crippen molar-refractivity contribution in [2.24, 2.45) is 0 Å². The third-order valence-corrected chi connectivity index (χ3v) is 7.34. The van der Waals surface area contributed by atoms with Gasteiger partial charge < -0.3 is 4.74 Å². The average molecular weight is 456 g/mol. The van der Waals surface area contributed by atoms with Crippen LogP contribution in [0, 0.1) is 6.92 Å². The molecule has 2 aromatic carbocycles. The molecule has 1 saturated carbocycles. The summed E-state index contributed by atoms with van der Waals surface area (Å²) in [7, 11) is -3.83. The maximum Gasteiger partial charge on any atom is 0.245 e. The highest BCUT2D eigenvalue weighted by molar-refractivity contribution is 7.89. The number of sulfonamides is 1. The zero-order chi connectivity index (χ0) is 22.8.